The van der Waals surface area contributed by atoms with E-state index in [9.17, 15) is 26.0 Å². The lowest BCUT2D eigenvalue weighted by atomic mass is 9.99. The second-order valence-electron chi connectivity index (χ2n) is 7.16. The number of hydrogen-bond donors (Lipinski definition) is 2. The molecule has 0 fully saturated rings. The van der Waals surface area contributed by atoms with E-state index in [1.807, 2.05) is 4.72 Å². The van der Waals surface area contributed by atoms with Crippen LogP contribution in [0.3, 0.4) is 0 Å². The lowest BCUT2D eigenvalue weighted by Crippen LogP contribution is -2.21. The molecule has 1 heterocycles. The molecule has 0 bridgehead atoms. The van der Waals surface area contributed by atoms with E-state index in [4.69, 9.17) is 0 Å². The second-order valence-corrected chi connectivity index (χ2v) is 9.50. The van der Waals surface area contributed by atoms with Crippen LogP contribution in [-0.4, -0.2) is 32.4 Å². The zero-order valence-electron chi connectivity index (χ0n) is 17.3. The number of thiazole rings is 1. The van der Waals surface area contributed by atoms with Crippen molar-refractivity contribution in [1.29, 1.82) is 0 Å². The summed E-state index contributed by atoms with van der Waals surface area (Å²) in [6.45, 7) is 1.41. The summed E-state index contributed by atoms with van der Waals surface area (Å²) in [7, 11) is -1.16. The van der Waals surface area contributed by atoms with Gasteiger partial charge in [-0.05, 0) is 45.3 Å². The predicted octanol–water partition coefficient (Wildman–Crippen LogP) is 4.74. The summed E-state index contributed by atoms with van der Waals surface area (Å²) < 4.78 is 84.7. The summed E-state index contributed by atoms with van der Waals surface area (Å²) in [5.74, 6) is -4.07. The van der Waals surface area contributed by atoms with E-state index < -0.39 is 44.2 Å². The average Bonchev–Trinajstić information content (AvgIpc) is 3.19. The molecule has 172 valence electrons. The summed E-state index contributed by atoms with van der Waals surface area (Å²) in [5.41, 5.74) is 1.32. The summed E-state index contributed by atoms with van der Waals surface area (Å²) in [4.78, 5) is 4.24. The molecule has 0 aliphatic rings. The van der Waals surface area contributed by atoms with Crippen molar-refractivity contribution in [3.05, 3.63) is 69.6 Å². The number of nitrogens with zero attached hydrogens (tertiary/aromatic N) is 2. The van der Waals surface area contributed by atoms with Crippen LogP contribution in [0.25, 0.3) is 0 Å². The minimum Gasteiger partial charge on any atom is -0.381 e. The molecular formula is C20H20F4N4O2S2. The van der Waals surface area contributed by atoms with E-state index in [1.165, 1.54) is 10.9 Å². The first-order chi connectivity index (χ1) is 15.0. The molecule has 32 heavy (non-hydrogen) atoms. The van der Waals surface area contributed by atoms with Crippen molar-refractivity contribution in [2.24, 2.45) is 0 Å². The first-order valence-corrected chi connectivity index (χ1v) is 11.7. The van der Waals surface area contributed by atoms with Crippen LogP contribution < -0.4 is 10.0 Å². The molecule has 1 atom stereocenters. The van der Waals surface area contributed by atoms with E-state index in [2.05, 4.69) is 10.3 Å². The Labute approximate surface area is 187 Å². The molecule has 0 spiro atoms. The van der Waals surface area contributed by atoms with Crippen LogP contribution in [0, 0.1) is 23.3 Å². The summed E-state index contributed by atoms with van der Waals surface area (Å²) in [6.07, 6.45) is 0. The lowest BCUT2D eigenvalue weighted by molar-refractivity contribution is 0.310. The zero-order valence-corrected chi connectivity index (χ0v) is 18.9. The fraction of sp³-hybridized carbons (Fsp3) is 0.250. The third-order valence-electron chi connectivity index (χ3n) is 4.85. The number of anilines is 2. The van der Waals surface area contributed by atoms with Crippen molar-refractivity contribution in [3.63, 3.8) is 0 Å². The van der Waals surface area contributed by atoms with Gasteiger partial charge in [0, 0.05) is 34.8 Å². The normalized spacial score (nSPS) is 12.8. The van der Waals surface area contributed by atoms with Crippen LogP contribution in [0.2, 0.25) is 0 Å². The van der Waals surface area contributed by atoms with Gasteiger partial charge in [-0.15, -0.1) is 11.3 Å². The third-order valence-corrected chi connectivity index (χ3v) is 6.84. The smallest absolute Gasteiger partial charge is 0.268 e. The number of rotatable bonds is 8. The average molecular weight is 489 g/mol. The summed E-state index contributed by atoms with van der Waals surface area (Å²) >= 11 is 1.10. The largest absolute Gasteiger partial charge is 0.381 e. The van der Waals surface area contributed by atoms with Crippen LogP contribution in [-0.2, 0) is 16.6 Å². The predicted molar refractivity (Wildman–Crippen MR) is 115 cm³/mol. The fourth-order valence-electron chi connectivity index (χ4n) is 3.06. The van der Waals surface area contributed by atoms with E-state index in [0.29, 0.717) is 0 Å². The third kappa shape index (κ3) is 5.03. The Morgan fingerprint density at radius 2 is 1.69 bits per heavy atom. The Kier molecular flexibility index (Phi) is 7.06. The van der Waals surface area contributed by atoms with Gasteiger partial charge in [0.2, 0.25) is 0 Å². The molecule has 0 radical (unpaired) electrons. The summed E-state index contributed by atoms with van der Waals surface area (Å²) in [5, 5.41) is 4.00. The molecule has 0 aliphatic heterocycles. The number of aromatic nitrogens is 1. The molecule has 3 aromatic rings. The molecule has 2 aromatic carbocycles. The van der Waals surface area contributed by atoms with Crippen LogP contribution in [0.4, 0.5) is 29.1 Å². The molecule has 6 nitrogen and oxygen atoms in total. The lowest BCUT2D eigenvalue weighted by Gasteiger charge is -2.24. The van der Waals surface area contributed by atoms with Crippen LogP contribution in [0.15, 0.2) is 40.1 Å². The highest BCUT2D eigenvalue weighted by molar-refractivity contribution is 7.92. The van der Waals surface area contributed by atoms with Gasteiger partial charge in [0.1, 0.15) is 23.3 Å². The Morgan fingerprint density at radius 3 is 2.25 bits per heavy atom. The first kappa shape index (κ1) is 24.0. The number of benzene rings is 2. The van der Waals surface area contributed by atoms with Gasteiger partial charge in [-0.3, -0.25) is 4.72 Å². The Balaban J connectivity index is 1.89. The quantitative estimate of drug-likeness (QED) is 0.449. The van der Waals surface area contributed by atoms with E-state index >= 15 is 0 Å². The zero-order chi connectivity index (χ0) is 23.6. The molecule has 0 amide bonds. The van der Waals surface area contributed by atoms with Crippen molar-refractivity contribution >= 4 is 32.9 Å². The number of nitrogens with one attached hydrogen (secondary N) is 2. The van der Waals surface area contributed by atoms with Crippen molar-refractivity contribution < 1.29 is 26.0 Å². The Morgan fingerprint density at radius 1 is 1.06 bits per heavy atom. The van der Waals surface area contributed by atoms with Crippen LogP contribution in [0.1, 0.15) is 24.1 Å². The highest BCUT2D eigenvalue weighted by Crippen LogP contribution is 2.29. The molecule has 1 aromatic heterocycles. The maximum absolute atomic E-state index is 14.6. The van der Waals surface area contributed by atoms with Crippen LogP contribution >= 0.6 is 11.3 Å². The van der Waals surface area contributed by atoms with Gasteiger partial charge in [0.25, 0.3) is 10.0 Å². The van der Waals surface area contributed by atoms with Gasteiger partial charge in [-0.2, -0.15) is 0 Å². The van der Waals surface area contributed by atoms with E-state index in [-0.39, 0.29) is 29.2 Å². The molecule has 0 aliphatic carbocycles. The van der Waals surface area contributed by atoms with Gasteiger partial charge < -0.3 is 10.2 Å². The maximum Gasteiger partial charge on any atom is 0.268 e. The van der Waals surface area contributed by atoms with Crippen molar-refractivity contribution in [1.82, 2.24) is 9.88 Å². The molecule has 12 heteroatoms. The molecule has 1 unspecified atom stereocenters. The monoisotopic (exact) mass is 488 g/mol. The summed E-state index contributed by atoms with van der Waals surface area (Å²) in [6, 6.07) is 3.05. The minimum atomic E-state index is -4.57. The van der Waals surface area contributed by atoms with Gasteiger partial charge in [0.05, 0.1) is 5.51 Å². The van der Waals surface area contributed by atoms with E-state index in [0.717, 1.165) is 35.6 Å². The molecular weight excluding hydrogens is 468 g/mol. The van der Waals surface area contributed by atoms with Crippen LogP contribution in [0.5, 0.6) is 0 Å². The van der Waals surface area contributed by atoms with Crippen molar-refractivity contribution in [2.45, 2.75) is 24.4 Å². The molecule has 0 saturated heterocycles. The fourth-order valence-corrected chi connectivity index (χ4v) is 4.74. The highest BCUT2D eigenvalue weighted by atomic mass is 32.2. The minimum absolute atomic E-state index is 0.00564. The SMILES string of the molecule is CC(c1c(F)ccc(F)c1CNc1cc(F)c(S(=O)(=O)Nc2cscn2)c(F)c1)N(C)C. The Hall–Kier alpha value is -2.70. The standard InChI is InChI=1S/C20H20F4N4O2S2/c1-11(28(2)3)19-13(14(21)4-5-15(19)22)8-25-12-6-16(23)20(17(24)7-12)32(29,30)27-18-9-31-10-26-18/h4-7,9-11,25,27H,8H2,1-3H3. The number of hydrogen-bond acceptors (Lipinski definition) is 6. The van der Waals surface area contributed by atoms with Gasteiger partial charge in [-0.1, -0.05) is 0 Å². The number of sulfonamides is 1. The number of halogens is 4. The van der Waals surface area contributed by atoms with E-state index in [1.54, 1.807) is 25.9 Å². The first-order valence-electron chi connectivity index (χ1n) is 9.28. The maximum atomic E-state index is 14.6. The van der Waals surface area contributed by atoms with Crippen molar-refractivity contribution in [2.75, 3.05) is 24.1 Å². The van der Waals surface area contributed by atoms with Gasteiger partial charge in [0.15, 0.2) is 10.7 Å². The molecule has 2 N–H and O–H groups in total. The highest BCUT2D eigenvalue weighted by Gasteiger charge is 2.26. The van der Waals surface area contributed by atoms with Gasteiger partial charge >= 0.3 is 0 Å². The second kappa shape index (κ2) is 9.43. The molecule has 3 rings (SSSR count). The Bertz CT molecular complexity index is 1200. The topological polar surface area (TPSA) is 74.3 Å². The molecule has 0 saturated carbocycles. The van der Waals surface area contributed by atoms with Gasteiger partial charge in [-0.25, -0.2) is 31.0 Å². The van der Waals surface area contributed by atoms with Crippen molar-refractivity contribution in [3.8, 4) is 0 Å².